The SMILES string of the molecule is CC(=O)c1cccc(S(=O)(=O)N2CCC(C(=O)Nc3cccc(F)c3)CC2)c1. The molecule has 0 aliphatic carbocycles. The van der Waals surface area contributed by atoms with Gasteiger partial charge in [0.25, 0.3) is 0 Å². The molecular weight excluding hydrogens is 383 g/mol. The summed E-state index contributed by atoms with van der Waals surface area (Å²) < 4.78 is 40.2. The van der Waals surface area contributed by atoms with Gasteiger partial charge in [0.1, 0.15) is 5.82 Å². The summed E-state index contributed by atoms with van der Waals surface area (Å²) in [5.74, 6) is -1.24. The van der Waals surface area contributed by atoms with E-state index in [2.05, 4.69) is 5.32 Å². The average Bonchev–Trinajstić information content (AvgIpc) is 2.68. The van der Waals surface area contributed by atoms with Crippen LogP contribution in [0.3, 0.4) is 0 Å². The lowest BCUT2D eigenvalue weighted by molar-refractivity contribution is -0.120. The van der Waals surface area contributed by atoms with E-state index in [0.29, 0.717) is 24.1 Å². The number of carbonyl (C=O) groups excluding carboxylic acids is 2. The van der Waals surface area contributed by atoms with Gasteiger partial charge in [-0.1, -0.05) is 18.2 Å². The zero-order valence-electron chi connectivity index (χ0n) is 15.4. The number of nitrogens with zero attached hydrogens (tertiary/aromatic N) is 1. The fraction of sp³-hybridized carbons (Fsp3) is 0.300. The molecule has 2 aromatic rings. The van der Waals surface area contributed by atoms with Crippen LogP contribution in [-0.2, 0) is 14.8 Å². The number of amides is 1. The summed E-state index contributed by atoms with van der Waals surface area (Å²) >= 11 is 0. The van der Waals surface area contributed by atoms with Gasteiger partial charge in [-0.25, -0.2) is 12.8 Å². The second kappa shape index (κ2) is 8.20. The van der Waals surface area contributed by atoms with Crippen LogP contribution in [0.4, 0.5) is 10.1 Å². The maximum Gasteiger partial charge on any atom is 0.243 e. The third-order valence-electron chi connectivity index (χ3n) is 4.80. The number of Topliss-reactive ketones (excluding diaryl/α,β-unsaturated/α-hetero) is 1. The van der Waals surface area contributed by atoms with Crippen molar-refractivity contribution in [3.63, 3.8) is 0 Å². The lowest BCUT2D eigenvalue weighted by atomic mass is 9.97. The molecule has 1 aliphatic rings. The number of nitrogens with one attached hydrogen (secondary N) is 1. The molecule has 1 N–H and O–H groups in total. The van der Waals surface area contributed by atoms with Crippen molar-refractivity contribution in [2.45, 2.75) is 24.7 Å². The summed E-state index contributed by atoms with van der Waals surface area (Å²) in [4.78, 5) is 24.0. The Bertz CT molecular complexity index is 999. The second-order valence-corrected chi connectivity index (χ2v) is 8.70. The number of halogens is 1. The van der Waals surface area contributed by atoms with Gasteiger partial charge in [-0.15, -0.1) is 0 Å². The Balaban J connectivity index is 1.65. The third kappa shape index (κ3) is 4.45. The number of rotatable bonds is 5. The number of piperidine rings is 1. The molecule has 0 bridgehead atoms. The maximum absolute atomic E-state index is 13.2. The summed E-state index contributed by atoms with van der Waals surface area (Å²) in [6, 6.07) is 11.6. The number of hydrogen-bond donors (Lipinski definition) is 1. The normalized spacial score (nSPS) is 15.9. The van der Waals surface area contributed by atoms with Crippen molar-refractivity contribution in [2.24, 2.45) is 5.92 Å². The van der Waals surface area contributed by atoms with Gasteiger partial charge >= 0.3 is 0 Å². The smallest absolute Gasteiger partial charge is 0.243 e. The van der Waals surface area contributed by atoms with Crippen molar-refractivity contribution in [1.29, 1.82) is 0 Å². The largest absolute Gasteiger partial charge is 0.326 e. The zero-order chi connectivity index (χ0) is 20.3. The highest BCUT2D eigenvalue weighted by atomic mass is 32.2. The Hall–Kier alpha value is -2.58. The van der Waals surface area contributed by atoms with Gasteiger partial charge in [0.2, 0.25) is 15.9 Å². The first kappa shape index (κ1) is 20.2. The Morgan fingerprint density at radius 2 is 1.75 bits per heavy atom. The fourth-order valence-corrected chi connectivity index (χ4v) is 4.71. The molecule has 2 aromatic carbocycles. The monoisotopic (exact) mass is 404 g/mol. The number of hydrogen-bond acceptors (Lipinski definition) is 4. The molecule has 0 spiro atoms. The number of benzene rings is 2. The van der Waals surface area contributed by atoms with Crippen LogP contribution in [0.15, 0.2) is 53.4 Å². The molecule has 3 rings (SSSR count). The lowest BCUT2D eigenvalue weighted by Crippen LogP contribution is -2.41. The van der Waals surface area contributed by atoms with Crippen LogP contribution >= 0.6 is 0 Å². The highest BCUT2D eigenvalue weighted by Crippen LogP contribution is 2.25. The minimum absolute atomic E-state index is 0.0721. The maximum atomic E-state index is 13.2. The number of carbonyl (C=O) groups is 2. The Labute approximate surface area is 163 Å². The van der Waals surface area contributed by atoms with Crippen molar-refractivity contribution in [3.8, 4) is 0 Å². The van der Waals surface area contributed by atoms with E-state index in [0.717, 1.165) is 0 Å². The molecule has 1 saturated heterocycles. The molecule has 1 heterocycles. The summed E-state index contributed by atoms with van der Waals surface area (Å²) in [6.45, 7) is 1.79. The van der Waals surface area contributed by atoms with E-state index in [1.807, 2.05) is 0 Å². The molecule has 0 radical (unpaired) electrons. The van der Waals surface area contributed by atoms with Crippen molar-refractivity contribution >= 4 is 27.4 Å². The molecule has 0 unspecified atom stereocenters. The molecule has 1 aliphatic heterocycles. The zero-order valence-corrected chi connectivity index (χ0v) is 16.2. The highest BCUT2D eigenvalue weighted by Gasteiger charge is 2.32. The number of ketones is 1. The van der Waals surface area contributed by atoms with Gasteiger partial charge in [0.15, 0.2) is 5.78 Å². The van der Waals surface area contributed by atoms with E-state index in [4.69, 9.17) is 0 Å². The van der Waals surface area contributed by atoms with Crippen LogP contribution in [0.1, 0.15) is 30.1 Å². The van der Waals surface area contributed by atoms with Crippen LogP contribution in [-0.4, -0.2) is 37.5 Å². The number of sulfonamides is 1. The Morgan fingerprint density at radius 3 is 2.39 bits per heavy atom. The molecule has 0 saturated carbocycles. The first-order valence-corrected chi connectivity index (χ1v) is 10.4. The molecule has 1 fully saturated rings. The van der Waals surface area contributed by atoms with Gasteiger partial charge in [-0.05, 0) is 50.1 Å². The van der Waals surface area contributed by atoms with E-state index in [-0.39, 0.29) is 35.6 Å². The van der Waals surface area contributed by atoms with Crippen LogP contribution in [0, 0.1) is 11.7 Å². The molecule has 8 heteroatoms. The minimum atomic E-state index is -3.73. The third-order valence-corrected chi connectivity index (χ3v) is 6.69. The van der Waals surface area contributed by atoms with E-state index < -0.39 is 15.8 Å². The lowest BCUT2D eigenvalue weighted by Gasteiger charge is -2.30. The van der Waals surface area contributed by atoms with Crippen LogP contribution in [0.5, 0.6) is 0 Å². The molecule has 6 nitrogen and oxygen atoms in total. The van der Waals surface area contributed by atoms with Crippen LogP contribution in [0.2, 0.25) is 0 Å². The van der Waals surface area contributed by atoms with Crippen molar-refractivity contribution in [3.05, 3.63) is 59.9 Å². The predicted molar refractivity (Wildman–Crippen MR) is 103 cm³/mol. The Morgan fingerprint density at radius 1 is 1.07 bits per heavy atom. The standard InChI is InChI=1S/C20H21FN2O4S/c1-14(24)16-4-2-7-19(12-16)28(26,27)23-10-8-15(9-11-23)20(25)22-18-6-3-5-17(21)13-18/h2-7,12-13,15H,8-11H2,1H3,(H,22,25). The number of anilines is 1. The second-order valence-electron chi connectivity index (χ2n) is 6.76. The van der Waals surface area contributed by atoms with Crippen molar-refractivity contribution < 1.29 is 22.4 Å². The summed E-state index contributed by atoms with van der Waals surface area (Å²) in [6.07, 6.45) is 0.736. The van der Waals surface area contributed by atoms with Gasteiger partial charge in [0.05, 0.1) is 4.90 Å². The van der Waals surface area contributed by atoms with Gasteiger partial charge in [0, 0.05) is 30.3 Å². The summed E-state index contributed by atoms with van der Waals surface area (Å²) in [7, 11) is -3.73. The Kier molecular flexibility index (Phi) is 5.90. The van der Waals surface area contributed by atoms with Crippen molar-refractivity contribution in [1.82, 2.24) is 4.31 Å². The summed E-state index contributed by atoms with van der Waals surface area (Å²) in [5, 5.41) is 2.67. The van der Waals surface area contributed by atoms with E-state index >= 15 is 0 Å². The quantitative estimate of drug-likeness (QED) is 0.777. The van der Waals surface area contributed by atoms with Crippen LogP contribution < -0.4 is 5.32 Å². The van der Waals surface area contributed by atoms with E-state index in [1.54, 1.807) is 18.2 Å². The topological polar surface area (TPSA) is 83.6 Å². The molecule has 28 heavy (non-hydrogen) atoms. The molecule has 0 atom stereocenters. The molecular formula is C20H21FN2O4S. The predicted octanol–water partition coefficient (Wildman–Crippen LogP) is 3.07. The highest BCUT2D eigenvalue weighted by molar-refractivity contribution is 7.89. The van der Waals surface area contributed by atoms with E-state index in [9.17, 15) is 22.4 Å². The molecule has 148 valence electrons. The van der Waals surface area contributed by atoms with Gasteiger partial charge in [-0.2, -0.15) is 4.31 Å². The van der Waals surface area contributed by atoms with Crippen molar-refractivity contribution in [2.75, 3.05) is 18.4 Å². The fourth-order valence-electron chi connectivity index (χ4n) is 3.19. The van der Waals surface area contributed by atoms with E-state index in [1.165, 1.54) is 41.6 Å². The first-order valence-electron chi connectivity index (χ1n) is 8.95. The van der Waals surface area contributed by atoms with Gasteiger partial charge < -0.3 is 5.32 Å². The summed E-state index contributed by atoms with van der Waals surface area (Å²) in [5.41, 5.74) is 0.714. The average molecular weight is 404 g/mol. The first-order chi connectivity index (χ1) is 13.3. The molecule has 1 amide bonds. The van der Waals surface area contributed by atoms with Crippen LogP contribution in [0.25, 0.3) is 0 Å². The molecule has 0 aromatic heterocycles. The van der Waals surface area contributed by atoms with Gasteiger partial charge in [-0.3, -0.25) is 9.59 Å². The minimum Gasteiger partial charge on any atom is -0.326 e.